The van der Waals surface area contributed by atoms with Crippen molar-refractivity contribution < 1.29 is 43.1 Å². The molecule has 0 saturated heterocycles. The maximum Gasteiger partial charge on any atom is 0.245 e. The molecule has 0 spiro atoms. The van der Waals surface area contributed by atoms with Gasteiger partial charge in [0, 0.05) is 33.5 Å². The number of likely N-dealkylation sites (N-methyl/N-ethyl adjacent to an activating group) is 1. The van der Waals surface area contributed by atoms with Crippen molar-refractivity contribution in [1.29, 1.82) is 0 Å². The first-order chi connectivity index (χ1) is 19.3. The Bertz CT molecular complexity index is 925. The van der Waals surface area contributed by atoms with Crippen LogP contribution in [-0.4, -0.2) is 113 Å². The minimum Gasteiger partial charge on any atom is -0.357 e. The van der Waals surface area contributed by atoms with Gasteiger partial charge in [0.05, 0.1) is 31.6 Å². The molecule has 0 aromatic carbocycles. The Labute approximate surface area is 239 Å². The van der Waals surface area contributed by atoms with Gasteiger partial charge in [0.15, 0.2) is 0 Å². The Hall–Kier alpha value is -4.08. The predicted molar refractivity (Wildman–Crippen MR) is 146 cm³/mol. The third-order valence-electron chi connectivity index (χ3n) is 5.58. The molecule has 0 aliphatic rings. The molecule has 0 bridgehead atoms. The first-order valence-electron chi connectivity index (χ1n) is 13.1. The van der Waals surface area contributed by atoms with Crippen LogP contribution in [0.15, 0.2) is 0 Å². The summed E-state index contributed by atoms with van der Waals surface area (Å²) in [5.41, 5.74) is -0.751. The van der Waals surface area contributed by atoms with E-state index >= 15 is 0 Å². The minimum atomic E-state index is -0.751. The Kier molecular flexibility index (Phi) is 18.7. The van der Waals surface area contributed by atoms with Crippen molar-refractivity contribution in [2.24, 2.45) is 5.41 Å². The number of carbonyl (C=O) groups is 8. The minimum absolute atomic E-state index is 0.117. The van der Waals surface area contributed by atoms with E-state index in [1.165, 1.54) is 7.05 Å². The van der Waals surface area contributed by atoms with Gasteiger partial charge >= 0.3 is 0 Å². The fourth-order valence-corrected chi connectivity index (χ4v) is 3.13. The summed E-state index contributed by atoms with van der Waals surface area (Å²) in [7, 11) is 3.11. The Morgan fingerprint density at radius 3 is 1.68 bits per heavy atom. The summed E-state index contributed by atoms with van der Waals surface area (Å²) in [6, 6.07) is 0. The molecule has 7 amide bonds. The number of nitrogens with one attached hydrogen (secondary N) is 6. The molecule has 16 nitrogen and oxygen atoms in total. The van der Waals surface area contributed by atoms with E-state index < -0.39 is 42.1 Å². The topological polar surface area (TPSA) is 221 Å². The van der Waals surface area contributed by atoms with Gasteiger partial charge in [-0.15, -0.1) is 0 Å². The SMILES string of the molecule is CNC(=O)COCNC(=O)CNC(=O)CNC(=O)CNC(=O)CNC(=O)CCCCCN(C)C(=O)C(C)(C)CC=O. The van der Waals surface area contributed by atoms with E-state index in [0.29, 0.717) is 25.8 Å². The molecule has 0 aromatic rings. The molecule has 16 heteroatoms. The van der Waals surface area contributed by atoms with Crippen LogP contribution in [0.25, 0.3) is 0 Å². The second-order valence-corrected chi connectivity index (χ2v) is 9.66. The number of ether oxygens (including phenoxy) is 1. The number of amides is 7. The van der Waals surface area contributed by atoms with E-state index in [9.17, 15) is 38.4 Å². The van der Waals surface area contributed by atoms with Crippen molar-refractivity contribution >= 4 is 47.6 Å². The monoisotopic (exact) mass is 585 g/mol. The maximum absolute atomic E-state index is 12.3. The molecule has 41 heavy (non-hydrogen) atoms. The second kappa shape index (κ2) is 20.8. The van der Waals surface area contributed by atoms with Gasteiger partial charge in [-0.1, -0.05) is 20.3 Å². The highest BCUT2D eigenvalue weighted by Gasteiger charge is 2.29. The Morgan fingerprint density at radius 2 is 1.20 bits per heavy atom. The number of rotatable bonds is 21. The molecule has 0 heterocycles. The van der Waals surface area contributed by atoms with Crippen molar-refractivity contribution in [2.45, 2.75) is 46.0 Å². The highest BCUT2D eigenvalue weighted by molar-refractivity contribution is 5.91. The summed E-state index contributed by atoms with van der Waals surface area (Å²) in [5.74, 6) is -3.25. The molecular formula is C25H43N7O9. The molecule has 0 atom stereocenters. The summed E-state index contributed by atoms with van der Waals surface area (Å²) in [6.45, 7) is 1.96. The van der Waals surface area contributed by atoms with Crippen LogP contribution in [0.3, 0.4) is 0 Å². The largest absolute Gasteiger partial charge is 0.357 e. The van der Waals surface area contributed by atoms with Crippen LogP contribution < -0.4 is 31.9 Å². The highest BCUT2D eigenvalue weighted by Crippen LogP contribution is 2.21. The van der Waals surface area contributed by atoms with Crippen LogP contribution in [0, 0.1) is 5.41 Å². The number of hydrogen-bond donors (Lipinski definition) is 6. The van der Waals surface area contributed by atoms with Crippen molar-refractivity contribution in [2.75, 3.05) is 60.2 Å². The van der Waals surface area contributed by atoms with Gasteiger partial charge < -0.3 is 46.3 Å². The lowest BCUT2D eigenvalue weighted by atomic mass is 9.88. The van der Waals surface area contributed by atoms with Crippen molar-refractivity contribution in [3.05, 3.63) is 0 Å². The van der Waals surface area contributed by atoms with E-state index in [4.69, 9.17) is 4.74 Å². The van der Waals surface area contributed by atoms with E-state index in [1.54, 1.807) is 25.8 Å². The molecule has 0 aliphatic heterocycles. The maximum atomic E-state index is 12.3. The molecule has 232 valence electrons. The summed E-state index contributed by atoms with van der Waals surface area (Å²) in [5, 5.41) is 14.0. The number of carbonyl (C=O) groups excluding carboxylic acids is 8. The van der Waals surface area contributed by atoms with Crippen LogP contribution in [0.4, 0.5) is 0 Å². The zero-order valence-corrected chi connectivity index (χ0v) is 24.2. The molecule has 0 aromatic heterocycles. The summed E-state index contributed by atoms with van der Waals surface area (Å²) >= 11 is 0. The zero-order chi connectivity index (χ0) is 31.3. The third-order valence-corrected chi connectivity index (χ3v) is 5.58. The first kappa shape index (κ1) is 36.9. The predicted octanol–water partition coefficient (Wildman–Crippen LogP) is -3.08. The quantitative estimate of drug-likeness (QED) is 0.0456. The number of nitrogens with zero attached hydrogens (tertiary/aromatic N) is 1. The van der Waals surface area contributed by atoms with Gasteiger partial charge in [-0.3, -0.25) is 33.6 Å². The molecule has 0 fully saturated rings. The lowest BCUT2D eigenvalue weighted by molar-refractivity contribution is -0.140. The van der Waals surface area contributed by atoms with Crippen molar-refractivity contribution in [1.82, 2.24) is 36.8 Å². The zero-order valence-electron chi connectivity index (χ0n) is 24.2. The van der Waals surface area contributed by atoms with Gasteiger partial charge in [-0.2, -0.15) is 0 Å². The molecule has 0 unspecified atom stereocenters. The molecule has 0 radical (unpaired) electrons. The smallest absolute Gasteiger partial charge is 0.245 e. The summed E-state index contributed by atoms with van der Waals surface area (Å²) in [6.07, 6.45) is 3.00. The fraction of sp³-hybridized carbons (Fsp3) is 0.680. The fourth-order valence-electron chi connectivity index (χ4n) is 3.13. The second-order valence-electron chi connectivity index (χ2n) is 9.66. The molecule has 6 N–H and O–H groups in total. The van der Waals surface area contributed by atoms with Crippen LogP contribution in [0.2, 0.25) is 0 Å². The average Bonchev–Trinajstić information content (AvgIpc) is 2.93. The standard InChI is InChI=1S/C25H43N7O9/c1-25(2,9-11-33)24(40)32(4)10-7-5-6-8-18(34)27-12-19(35)28-13-20(36)29-14-21(37)30-15-22(38)31-17-41-16-23(39)26-3/h11H,5-10,12-17H2,1-4H3,(H,26,39)(H,27,34)(H,28,35)(H,29,36)(H,30,37)(H,31,38). The van der Waals surface area contributed by atoms with E-state index in [2.05, 4.69) is 31.9 Å². The van der Waals surface area contributed by atoms with Crippen LogP contribution in [-0.2, 0) is 43.1 Å². The summed E-state index contributed by atoms with van der Waals surface area (Å²) < 4.78 is 4.88. The normalized spacial score (nSPS) is 10.5. The molecule has 0 saturated carbocycles. The van der Waals surface area contributed by atoms with E-state index in [0.717, 1.165) is 6.29 Å². The third kappa shape index (κ3) is 18.8. The highest BCUT2D eigenvalue weighted by atomic mass is 16.5. The van der Waals surface area contributed by atoms with E-state index in [1.807, 2.05) is 0 Å². The van der Waals surface area contributed by atoms with Gasteiger partial charge in [0.1, 0.15) is 19.6 Å². The van der Waals surface area contributed by atoms with Gasteiger partial charge in [-0.25, -0.2) is 0 Å². The van der Waals surface area contributed by atoms with Crippen molar-refractivity contribution in [3.8, 4) is 0 Å². The number of aldehydes is 1. The average molecular weight is 586 g/mol. The molecule has 0 rings (SSSR count). The molecular weight excluding hydrogens is 542 g/mol. The lowest BCUT2D eigenvalue weighted by Crippen LogP contribution is -2.45. The van der Waals surface area contributed by atoms with Gasteiger partial charge in [0.2, 0.25) is 41.4 Å². The van der Waals surface area contributed by atoms with Crippen molar-refractivity contribution in [3.63, 3.8) is 0 Å². The first-order valence-corrected chi connectivity index (χ1v) is 13.1. The number of hydrogen-bond acceptors (Lipinski definition) is 9. The van der Waals surface area contributed by atoms with Gasteiger partial charge in [-0.05, 0) is 12.8 Å². The van der Waals surface area contributed by atoms with Crippen LogP contribution in [0.5, 0.6) is 0 Å². The number of unbranched alkanes of at least 4 members (excludes halogenated alkanes) is 2. The lowest BCUT2D eigenvalue weighted by Gasteiger charge is -2.27. The summed E-state index contributed by atoms with van der Waals surface area (Å²) in [4.78, 5) is 94.5. The van der Waals surface area contributed by atoms with E-state index in [-0.39, 0.29) is 57.0 Å². The Balaban J connectivity index is 3.91. The van der Waals surface area contributed by atoms with Crippen LogP contribution in [0.1, 0.15) is 46.0 Å². The van der Waals surface area contributed by atoms with Gasteiger partial charge in [0.25, 0.3) is 0 Å². The molecule has 0 aliphatic carbocycles. The van der Waals surface area contributed by atoms with Crippen LogP contribution >= 0.6 is 0 Å². The Morgan fingerprint density at radius 1 is 0.707 bits per heavy atom.